The Morgan fingerprint density at radius 3 is 2.42 bits per heavy atom. The Morgan fingerprint density at radius 1 is 1.09 bits per heavy atom. The largest absolute Gasteiger partial charge is 0.455 e. The van der Waals surface area contributed by atoms with Gasteiger partial charge in [0.1, 0.15) is 0 Å². The summed E-state index contributed by atoms with van der Waals surface area (Å²) in [5.41, 5.74) is 3.12. The van der Waals surface area contributed by atoms with Crippen LogP contribution in [0.2, 0.25) is 5.02 Å². The molecule has 0 spiro atoms. The number of nitrogens with one attached hydrogen (secondary N) is 1. The lowest BCUT2D eigenvalue weighted by Crippen LogP contribution is -2.31. The molecule has 1 amide bonds. The highest BCUT2D eigenvalue weighted by atomic mass is 35.5. The van der Waals surface area contributed by atoms with Crippen LogP contribution in [0.25, 0.3) is 11.4 Å². The molecule has 1 atom stereocenters. The van der Waals surface area contributed by atoms with Crippen LogP contribution in [0.15, 0.2) is 53.7 Å². The Labute approximate surface area is 202 Å². The lowest BCUT2D eigenvalue weighted by molar-refractivity contribution is -0.146. The second-order valence-corrected chi connectivity index (χ2v) is 8.77. The number of carbonyl (C=O) groups is 2. The molecule has 2 aromatic carbocycles. The van der Waals surface area contributed by atoms with Crippen LogP contribution in [0.5, 0.6) is 0 Å². The summed E-state index contributed by atoms with van der Waals surface area (Å²) < 4.78 is 7.05. The highest BCUT2D eigenvalue weighted by molar-refractivity contribution is 7.99. The second kappa shape index (κ2) is 11.9. The Balaban J connectivity index is 1.48. The molecule has 3 aromatic rings. The lowest BCUT2D eigenvalue weighted by atomic mass is 10.1. The van der Waals surface area contributed by atoms with Crippen LogP contribution in [-0.4, -0.2) is 39.0 Å². The van der Waals surface area contributed by atoms with Crippen LogP contribution in [-0.2, 0) is 27.3 Å². The molecule has 7 nitrogen and oxygen atoms in total. The van der Waals surface area contributed by atoms with E-state index in [0.29, 0.717) is 22.5 Å². The van der Waals surface area contributed by atoms with Crippen molar-refractivity contribution in [1.82, 2.24) is 20.1 Å². The fraction of sp³-hybridized carbons (Fsp3) is 0.333. The van der Waals surface area contributed by atoms with Gasteiger partial charge in [0.15, 0.2) is 17.6 Å². The third-order valence-electron chi connectivity index (χ3n) is 5.08. The van der Waals surface area contributed by atoms with E-state index in [9.17, 15) is 9.59 Å². The number of benzene rings is 2. The van der Waals surface area contributed by atoms with Crippen LogP contribution in [0, 0.1) is 0 Å². The monoisotopic (exact) mass is 486 g/mol. The summed E-state index contributed by atoms with van der Waals surface area (Å²) in [7, 11) is 0. The van der Waals surface area contributed by atoms with Crippen molar-refractivity contribution in [2.24, 2.45) is 0 Å². The highest BCUT2D eigenvalue weighted by Gasteiger charge is 2.16. The minimum atomic E-state index is -0.492. The molecule has 0 radical (unpaired) electrons. The van der Waals surface area contributed by atoms with Crippen molar-refractivity contribution in [3.63, 3.8) is 0 Å². The lowest BCUT2D eigenvalue weighted by Gasteiger charge is -2.15. The molecule has 0 aliphatic carbocycles. The average Bonchev–Trinajstić information content (AvgIpc) is 3.24. The summed E-state index contributed by atoms with van der Waals surface area (Å²) in [6.45, 7) is 6.28. The number of hydrogen-bond donors (Lipinski definition) is 1. The number of nitrogens with zero attached hydrogens (tertiary/aromatic N) is 3. The number of halogens is 1. The van der Waals surface area contributed by atoms with Gasteiger partial charge >= 0.3 is 5.97 Å². The number of hydrogen-bond acceptors (Lipinski definition) is 6. The normalized spacial score (nSPS) is 11.8. The predicted octanol–water partition coefficient (Wildman–Crippen LogP) is 4.69. The number of aryl methyl sites for hydroxylation is 1. The van der Waals surface area contributed by atoms with Crippen molar-refractivity contribution in [3.8, 4) is 11.4 Å². The summed E-state index contributed by atoms with van der Waals surface area (Å²) in [4.78, 5) is 24.3. The van der Waals surface area contributed by atoms with Crippen LogP contribution in [0.3, 0.4) is 0 Å². The van der Waals surface area contributed by atoms with Gasteiger partial charge in [-0.05, 0) is 55.7 Å². The first-order valence-corrected chi connectivity index (χ1v) is 12.1. The minimum Gasteiger partial charge on any atom is -0.455 e. The third-order valence-corrected chi connectivity index (χ3v) is 6.28. The first-order valence-electron chi connectivity index (χ1n) is 10.8. The van der Waals surface area contributed by atoms with Gasteiger partial charge < -0.3 is 14.6 Å². The van der Waals surface area contributed by atoms with Crippen LogP contribution >= 0.6 is 23.4 Å². The number of thioether (sulfide) groups is 1. The molecule has 0 aliphatic rings. The van der Waals surface area contributed by atoms with Gasteiger partial charge in [-0.1, -0.05) is 54.6 Å². The Bertz CT molecular complexity index is 1080. The van der Waals surface area contributed by atoms with Gasteiger partial charge in [0, 0.05) is 17.1 Å². The predicted molar refractivity (Wildman–Crippen MR) is 130 cm³/mol. The molecule has 0 aliphatic heterocycles. The van der Waals surface area contributed by atoms with Crippen molar-refractivity contribution in [2.75, 3.05) is 12.4 Å². The molecule has 1 heterocycles. The van der Waals surface area contributed by atoms with Crippen molar-refractivity contribution in [3.05, 3.63) is 64.7 Å². The number of carbonyl (C=O) groups excluding carboxylic acids is 2. The molecule has 0 bridgehead atoms. The fourth-order valence-corrected chi connectivity index (χ4v) is 4.14. The van der Waals surface area contributed by atoms with E-state index >= 15 is 0 Å². The molecule has 3 rings (SSSR count). The van der Waals surface area contributed by atoms with Crippen molar-refractivity contribution >= 4 is 35.2 Å². The molecule has 0 saturated carbocycles. The average molecular weight is 487 g/mol. The number of ether oxygens (including phenoxy) is 1. The number of esters is 1. The maximum Gasteiger partial charge on any atom is 0.316 e. The van der Waals surface area contributed by atoms with E-state index < -0.39 is 5.97 Å². The standard InChI is InChI=1S/C24H27ClN4O3S/c1-4-17-6-8-18(9-7-17)16(3)26-21(30)14-32-22(31)15-33-24-28-27-23(29(24)5-2)19-10-12-20(25)13-11-19/h6-13,16H,4-5,14-15H2,1-3H3,(H,26,30). The maximum absolute atomic E-state index is 12.2. The van der Waals surface area contributed by atoms with Gasteiger partial charge in [0.05, 0.1) is 11.8 Å². The summed E-state index contributed by atoms with van der Waals surface area (Å²) in [6.07, 6.45) is 0.964. The van der Waals surface area contributed by atoms with E-state index in [0.717, 1.165) is 17.5 Å². The second-order valence-electron chi connectivity index (χ2n) is 7.39. The van der Waals surface area contributed by atoms with Gasteiger partial charge in [0.2, 0.25) is 0 Å². The van der Waals surface area contributed by atoms with E-state index in [1.807, 2.05) is 54.8 Å². The number of aromatic nitrogens is 3. The summed E-state index contributed by atoms with van der Waals surface area (Å²) >= 11 is 7.18. The van der Waals surface area contributed by atoms with E-state index in [1.54, 1.807) is 12.1 Å². The smallest absolute Gasteiger partial charge is 0.316 e. The summed E-state index contributed by atoms with van der Waals surface area (Å²) in [5, 5.41) is 12.5. The molecule has 9 heteroatoms. The zero-order chi connectivity index (χ0) is 23.8. The maximum atomic E-state index is 12.2. The highest BCUT2D eigenvalue weighted by Crippen LogP contribution is 2.25. The topological polar surface area (TPSA) is 86.1 Å². The Kier molecular flexibility index (Phi) is 8.91. The minimum absolute atomic E-state index is 0.0278. The van der Waals surface area contributed by atoms with Gasteiger partial charge in [-0.25, -0.2) is 0 Å². The van der Waals surface area contributed by atoms with E-state index in [4.69, 9.17) is 16.3 Å². The molecule has 1 unspecified atom stereocenters. The Morgan fingerprint density at radius 2 is 1.79 bits per heavy atom. The van der Waals surface area contributed by atoms with E-state index in [2.05, 4.69) is 22.4 Å². The van der Waals surface area contributed by atoms with Crippen molar-refractivity contribution in [1.29, 1.82) is 0 Å². The van der Waals surface area contributed by atoms with Gasteiger partial charge in [-0.2, -0.15) is 0 Å². The molecular formula is C24H27ClN4O3S. The van der Waals surface area contributed by atoms with Gasteiger partial charge in [-0.3, -0.25) is 9.59 Å². The van der Waals surface area contributed by atoms with Crippen molar-refractivity contribution in [2.45, 2.75) is 44.9 Å². The molecule has 0 saturated heterocycles. The quantitative estimate of drug-likeness (QED) is 0.330. The molecule has 1 aromatic heterocycles. The first kappa shape index (κ1) is 24.8. The summed E-state index contributed by atoms with van der Waals surface area (Å²) in [6, 6.07) is 15.2. The molecule has 1 N–H and O–H groups in total. The van der Waals surface area contributed by atoms with E-state index in [1.165, 1.54) is 17.3 Å². The number of rotatable bonds is 10. The molecule has 174 valence electrons. The van der Waals surface area contributed by atoms with Crippen molar-refractivity contribution < 1.29 is 14.3 Å². The molecule has 33 heavy (non-hydrogen) atoms. The zero-order valence-electron chi connectivity index (χ0n) is 18.9. The Hall–Kier alpha value is -2.84. The fourth-order valence-electron chi connectivity index (χ4n) is 3.21. The molecule has 0 fully saturated rings. The van der Waals surface area contributed by atoms with Gasteiger partial charge in [-0.15, -0.1) is 10.2 Å². The number of amides is 1. The molecular weight excluding hydrogens is 460 g/mol. The van der Waals surface area contributed by atoms with Gasteiger partial charge in [0.25, 0.3) is 5.91 Å². The first-order chi connectivity index (χ1) is 15.9. The SMILES string of the molecule is CCc1ccc(C(C)NC(=O)COC(=O)CSc2nnc(-c3ccc(Cl)cc3)n2CC)cc1. The van der Waals surface area contributed by atoms with Crippen LogP contribution < -0.4 is 5.32 Å². The van der Waals surface area contributed by atoms with Crippen LogP contribution in [0.1, 0.15) is 37.9 Å². The third kappa shape index (κ3) is 6.82. The van der Waals surface area contributed by atoms with Crippen LogP contribution in [0.4, 0.5) is 0 Å². The zero-order valence-corrected chi connectivity index (χ0v) is 20.4. The van der Waals surface area contributed by atoms with E-state index in [-0.39, 0.29) is 24.3 Å². The summed E-state index contributed by atoms with van der Waals surface area (Å²) in [5.74, 6) is -0.110.